The molecule has 112 valence electrons. The van der Waals surface area contributed by atoms with Crippen LogP contribution in [0.15, 0.2) is 17.6 Å². The Bertz CT molecular complexity index is 677. The minimum Gasteiger partial charge on any atom is -0.480 e. The Balaban J connectivity index is 2.22. The number of aliphatic hydroxyl groups excluding tert-OH is 1. The number of thiazole rings is 1. The molecule has 0 radical (unpaired) electrons. The Morgan fingerprint density at radius 1 is 1.52 bits per heavy atom. The lowest BCUT2D eigenvalue weighted by Gasteiger charge is -2.11. The van der Waals surface area contributed by atoms with Gasteiger partial charge in [0.15, 0.2) is 6.04 Å². The summed E-state index contributed by atoms with van der Waals surface area (Å²) >= 11 is 1.51. The molecule has 0 saturated carbocycles. The predicted molar refractivity (Wildman–Crippen MR) is 77.2 cm³/mol. The maximum atomic E-state index is 12.1. The standard InChI is InChI=1S/C13H15N3O4S/c1-7-14-10(6-21-7)8-3-11(16(2)4-8)12(18)15-9(5-17)13(19)20/h3-4,6,9,17H,5H2,1-2H3,(H,15,18)(H,19,20)/t9-/m1/s1. The molecular weight excluding hydrogens is 294 g/mol. The SMILES string of the molecule is Cc1nc(-c2cc(C(=O)N[C@H](CO)C(=O)O)n(C)c2)cs1. The van der Waals surface area contributed by atoms with Crippen LogP contribution in [0.1, 0.15) is 15.5 Å². The van der Waals surface area contributed by atoms with Gasteiger partial charge in [0, 0.05) is 24.2 Å². The first-order valence-electron chi connectivity index (χ1n) is 6.15. The molecule has 2 heterocycles. The van der Waals surface area contributed by atoms with Crippen LogP contribution in [0.5, 0.6) is 0 Å². The zero-order valence-electron chi connectivity index (χ0n) is 11.5. The number of carbonyl (C=O) groups is 2. The van der Waals surface area contributed by atoms with Crippen molar-refractivity contribution in [2.24, 2.45) is 7.05 Å². The van der Waals surface area contributed by atoms with Gasteiger partial charge in [0.2, 0.25) is 0 Å². The molecule has 0 fully saturated rings. The summed E-state index contributed by atoms with van der Waals surface area (Å²) in [6.07, 6.45) is 1.75. The zero-order chi connectivity index (χ0) is 15.6. The van der Waals surface area contributed by atoms with Crippen molar-refractivity contribution in [3.63, 3.8) is 0 Å². The van der Waals surface area contributed by atoms with Crippen molar-refractivity contribution in [1.29, 1.82) is 0 Å². The van der Waals surface area contributed by atoms with Crippen molar-refractivity contribution in [1.82, 2.24) is 14.9 Å². The van der Waals surface area contributed by atoms with E-state index >= 15 is 0 Å². The van der Waals surface area contributed by atoms with Crippen LogP contribution in [-0.4, -0.2) is 44.3 Å². The second kappa shape index (κ2) is 6.06. The highest BCUT2D eigenvalue weighted by Crippen LogP contribution is 2.23. The number of hydrogen-bond donors (Lipinski definition) is 3. The number of aromatic nitrogens is 2. The number of amides is 1. The molecule has 0 bridgehead atoms. The first-order chi connectivity index (χ1) is 9.92. The van der Waals surface area contributed by atoms with E-state index in [1.54, 1.807) is 23.9 Å². The first kappa shape index (κ1) is 15.2. The van der Waals surface area contributed by atoms with Crippen LogP contribution in [-0.2, 0) is 11.8 Å². The van der Waals surface area contributed by atoms with E-state index < -0.39 is 24.5 Å². The van der Waals surface area contributed by atoms with Gasteiger partial charge < -0.3 is 20.1 Å². The number of aryl methyl sites for hydroxylation is 2. The number of rotatable bonds is 5. The van der Waals surface area contributed by atoms with Crippen molar-refractivity contribution in [2.45, 2.75) is 13.0 Å². The summed E-state index contributed by atoms with van der Waals surface area (Å²) in [6.45, 7) is 1.23. The molecule has 0 spiro atoms. The Labute approximate surface area is 124 Å². The largest absolute Gasteiger partial charge is 0.480 e. The van der Waals surface area contributed by atoms with Crippen molar-refractivity contribution in [3.8, 4) is 11.3 Å². The number of hydrogen-bond acceptors (Lipinski definition) is 5. The normalized spacial score (nSPS) is 12.1. The van der Waals surface area contributed by atoms with Gasteiger partial charge in [0.05, 0.1) is 17.3 Å². The molecule has 2 rings (SSSR count). The summed E-state index contributed by atoms with van der Waals surface area (Å²) in [5, 5.41) is 22.8. The van der Waals surface area contributed by atoms with Gasteiger partial charge in [-0.05, 0) is 13.0 Å². The smallest absolute Gasteiger partial charge is 0.328 e. The average molecular weight is 309 g/mol. The third kappa shape index (κ3) is 3.29. The molecule has 3 N–H and O–H groups in total. The van der Waals surface area contributed by atoms with Crippen LogP contribution in [0.2, 0.25) is 0 Å². The quantitative estimate of drug-likeness (QED) is 0.751. The molecule has 2 aromatic rings. The van der Waals surface area contributed by atoms with E-state index in [0.717, 1.165) is 16.3 Å². The minimum atomic E-state index is -1.32. The van der Waals surface area contributed by atoms with Gasteiger partial charge in [-0.2, -0.15) is 0 Å². The van der Waals surface area contributed by atoms with Crippen molar-refractivity contribution >= 4 is 23.2 Å². The molecule has 0 aliphatic rings. The fraction of sp³-hybridized carbons (Fsp3) is 0.308. The van der Waals surface area contributed by atoms with E-state index in [1.165, 1.54) is 11.3 Å². The number of nitrogens with one attached hydrogen (secondary N) is 1. The summed E-state index contributed by atoms with van der Waals surface area (Å²) < 4.78 is 1.59. The van der Waals surface area contributed by atoms with E-state index in [2.05, 4.69) is 10.3 Å². The lowest BCUT2D eigenvalue weighted by molar-refractivity contribution is -0.140. The van der Waals surface area contributed by atoms with Gasteiger partial charge in [-0.3, -0.25) is 4.79 Å². The molecule has 8 heteroatoms. The second-order valence-corrected chi connectivity index (χ2v) is 5.59. The van der Waals surface area contributed by atoms with Gasteiger partial charge >= 0.3 is 5.97 Å². The summed E-state index contributed by atoms with van der Waals surface area (Å²) in [5.74, 6) is -1.84. The Hall–Kier alpha value is -2.19. The van der Waals surface area contributed by atoms with Crippen molar-refractivity contribution in [2.75, 3.05) is 6.61 Å². The summed E-state index contributed by atoms with van der Waals surface area (Å²) in [6, 6.07) is 0.317. The fourth-order valence-electron chi connectivity index (χ4n) is 1.84. The third-order valence-electron chi connectivity index (χ3n) is 2.94. The van der Waals surface area contributed by atoms with Crippen LogP contribution in [0, 0.1) is 6.92 Å². The second-order valence-electron chi connectivity index (χ2n) is 4.52. The van der Waals surface area contributed by atoms with Crippen LogP contribution < -0.4 is 5.32 Å². The molecule has 2 aromatic heterocycles. The van der Waals surface area contributed by atoms with Crippen molar-refractivity contribution in [3.05, 3.63) is 28.3 Å². The third-order valence-corrected chi connectivity index (χ3v) is 3.71. The summed E-state index contributed by atoms with van der Waals surface area (Å²) in [5.41, 5.74) is 1.85. The number of nitrogens with zero attached hydrogens (tertiary/aromatic N) is 2. The van der Waals surface area contributed by atoms with Crippen LogP contribution in [0.3, 0.4) is 0 Å². The van der Waals surface area contributed by atoms with Crippen LogP contribution in [0.25, 0.3) is 11.3 Å². The molecular formula is C13H15N3O4S. The number of aliphatic carboxylic acids is 1. The predicted octanol–water partition coefficient (Wildman–Crippen LogP) is 0.632. The van der Waals surface area contributed by atoms with E-state index in [9.17, 15) is 9.59 Å². The van der Waals surface area contributed by atoms with Gasteiger partial charge in [-0.15, -0.1) is 11.3 Å². The molecule has 21 heavy (non-hydrogen) atoms. The highest BCUT2D eigenvalue weighted by atomic mass is 32.1. The number of carboxylic acid groups (broad SMARTS) is 1. The summed E-state index contributed by atoms with van der Waals surface area (Å²) in [4.78, 5) is 27.2. The maximum Gasteiger partial charge on any atom is 0.328 e. The lowest BCUT2D eigenvalue weighted by atomic mass is 10.2. The molecule has 1 atom stereocenters. The van der Waals surface area contributed by atoms with Gasteiger partial charge in [-0.25, -0.2) is 9.78 Å². The molecule has 0 aliphatic carbocycles. The molecule has 0 saturated heterocycles. The molecule has 0 unspecified atom stereocenters. The van der Waals surface area contributed by atoms with E-state index in [4.69, 9.17) is 10.2 Å². The van der Waals surface area contributed by atoms with Crippen molar-refractivity contribution < 1.29 is 19.8 Å². The van der Waals surface area contributed by atoms with Crippen LogP contribution in [0.4, 0.5) is 0 Å². The van der Waals surface area contributed by atoms with E-state index in [0.29, 0.717) is 5.69 Å². The zero-order valence-corrected chi connectivity index (χ0v) is 12.3. The van der Waals surface area contributed by atoms with Gasteiger partial charge in [0.25, 0.3) is 5.91 Å². The highest BCUT2D eigenvalue weighted by molar-refractivity contribution is 7.09. The minimum absolute atomic E-state index is 0.301. The van der Waals surface area contributed by atoms with E-state index in [-0.39, 0.29) is 0 Å². The number of carbonyl (C=O) groups excluding carboxylic acids is 1. The Morgan fingerprint density at radius 2 is 2.24 bits per heavy atom. The maximum absolute atomic E-state index is 12.1. The molecule has 0 aromatic carbocycles. The van der Waals surface area contributed by atoms with E-state index in [1.807, 2.05) is 12.3 Å². The lowest BCUT2D eigenvalue weighted by Crippen LogP contribution is -2.43. The Kier molecular flexibility index (Phi) is 4.39. The number of aliphatic hydroxyl groups is 1. The monoisotopic (exact) mass is 309 g/mol. The number of carboxylic acids is 1. The fourth-order valence-corrected chi connectivity index (χ4v) is 2.47. The summed E-state index contributed by atoms with van der Waals surface area (Å²) in [7, 11) is 1.69. The topological polar surface area (TPSA) is 104 Å². The highest BCUT2D eigenvalue weighted by Gasteiger charge is 2.21. The Morgan fingerprint density at radius 3 is 2.76 bits per heavy atom. The first-order valence-corrected chi connectivity index (χ1v) is 7.03. The van der Waals surface area contributed by atoms with Gasteiger partial charge in [0.1, 0.15) is 5.69 Å². The molecule has 7 nitrogen and oxygen atoms in total. The van der Waals surface area contributed by atoms with Crippen LogP contribution >= 0.6 is 11.3 Å². The molecule has 0 aliphatic heterocycles. The average Bonchev–Trinajstić information content (AvgIpc) is 3.01. The molecule has 1 amide bonds. The van der Waals surface area contributed by atoms with Gasteiger partial charge in [-0.1, -0.05) is 0 Å².